The molecule has 0 aliphatic rings. The summed E-state index contributed by atoms with van der Waals surface area (Å²) in [6.07, 6.45) is 0. The van der Waals surface area contributed by atoms with E-state index in [9.17, 15) is 0 Å². The van der Waals surface area contributed by atoms with Gasteiger partial charge in [0.15, 0.2) is 0 Å². The predicted molar refractivity (Wildman–Crippen MR) is 282 cm³/mol. The van der Waals surface area contributed by atoms with Crippen LogP contribution in [0.5, 0.6) is 0 Å². The fourth-order valence-electron chi connectivity index (χ4n) is 10.6. The van der Waals surface area contributed by atoms with Crippen molar-refractivity contribution in [1.82, 2.24) is 0 Å². The Morgan fingerprint density at radius 2 is 0.538 bits per heavy atom. The molecule has 302 valence electrons. The van der Waals surface area contributed by atoms with E-state index in [1.165, 1.54) is 130 Å². The Kier molecular flexibility index (Phi) is 8.82. The third kappa shape index (κ3) is 6.12. The number of hydrogen-bond donors (Lipinski definition) is 0. The smallest absolute Gasteiger partial charge is 0.0434 e. The zero-order valence-electron chi connectivity index (χ0n) is 35.5. The highest BCUT2D eigenvalue weighted by molar-refractivity contribution is 7.26. The fraction of sp³-hybridized carbons (Fsp3) is 0. The van der Waals surface area contributed by atoms with Gasteiger partial charge in [-0.25, -0.2) is 0 Å². The molecule has 65 heavy (non-hydrogen) atoms. The maximum atomic E-state index is 2.46. The van der Waals surface area contributed by atoms with Gasteiger partial charge in [-0.2, -0.15) is 0 Å². The second-order valence-electron chi connectivity index (χ2n) is 17.1. The molecule has 12 aromatic carbocycles. The molecule has 0 nitrogen and oxygen atoms in total. The average Bonchev–Trinajstić information content (AvgIpc) is 3.76. The number of thiophene rings is 1. The van der Waals surface area contributed by atoms with Crippen LogP contribution in [0.3, 0.4) is 0 Å². The molecule has 0 N–H and O–H groups in total. The molecule has 13 rings (SSSR count). The van der Waals surface area contributed by atoms with E-state index in [1.807, 2.05) is 11.3 Å². The summed E-state index contributed by atoms with van der Waals surface area (Å²) in [4.78, 5) is 0. The SMILES string of the molecule is c1ccc(-c2cccc(-c3c4ccccc4c(-c4ccc5sc6c(-c7c8ccccc8c(-c8cccc(-c9ccccc9)c8)c8ccccc78)cccc6c5c4)c4ccccc34)c2)cc1. The Morgan fingerprint density at radius 1 is 0.200 bits per heavy atom. The van der Waals surface area contributed by atoms with Crippen LogP contribution >= 0.6 is 11.3 Å². The van der Waals surface area contributed by atoms with Crippen molar-refractivity contribution in [3.63, 3.8) is 0 Å². The lowest BCUT2D eigenvalue weighted by Gasteiger charge is -2.18. The summed E-state index contributed by atoms with van der Waals surface area (Å²) >= 11 is 1.91. The first-order valence-corrected chi connectivity index (χ1v) is 23.2. The minimum absolute atomic E-state index is 1.22. The minimum atomic E-state index is 1.22. The first kappa shape index (κ1) is 37.5. The van der Waals surface area contributed by atoms with E-state index < -0.39 is 0 Å². The third-order valence-corrected chi connectivity index (χ3v) is 14.7. The molecular formula is C64H40S. The third-order valence-electron chi connectivity index (χ3n) is 13.4. The van der Waals surface area contributed by atoms with Crippen molar-refractivity contribution >= 4 is 74.6 Å². The van der Waals surface area contributed by atoms with Gasteiger partial charge in [0, 0.05) is 25.7 Å². The van der Waals surface area contributed by atoms with Crippen LogP contribution in [0, 0.1) is 0 Å². The summed E-state index contributed by atoms with van der Waals surface area (Å²) < 4.78 is 2.61. The van der Waals surface area contributed by atoms with Crippen molar-refractivity contribution in [1.29, 1.82) is 0 Å². The monoisotopic (exact) mass is 840 g/mol. The van der Waals surface area contributed by atoms with E-state index in [1.54, 1.807) is 0 Å². The summed E-state index contributed by atoms with van der Waals surface area (Å²) in [5.74, 6) is 0. The zero-order chi connectivity index (χ0) is 42.8. The van der Waals surface area contributed by atoms with Crippen LogP contribution in [0.4, 0.5) is 0 Å². The molecule has 0 aliphatic carbocycles. The van der Waals surface area contributed by atoms with E-state index >= 15 is 0 Å². The van der Waals surface area contributed by atoms with Crippen LogP contribution in [-0.4, -0.2) is 0 Å². The molecular weight excluding hydrogens is 801 g/mol. The number of rotatable bonds is 6. The highest BCUT2D eigenvalue weighted by Gasteiger charge is 2.22. The highest BCUT2D eigenvalue weighted by atomic mass is 32.1. The second kappa shape index (κ2) is 15.3. The molecule has 0 unspecified atom stereocenters. The topological polar surface area (TPSA) is 0 Å². The van der Waals surface area contributed by atoms with E-state index in [0.29, 0.717) is 0 Å². The van der Waals surface area contributed by atoms with Gasteiger partial charge in [0.05, 0.1) is 0 Å². The Balaban J connectivity index is 1.01. The molecule has 0 bridgehead atoms. The van der Waals surface area contributed by atoms with Gasteiger partial charge in [-0.3, -0.25) is 0 Å². The molecule has 0 saturated heterocycles. The highest BCUT2D eigenvalue weighted by Crippen LogP contribution is 2.50. The van der Waals surface area contributed by atoms with Crippen molar-refractivity contribution in [2.24, 2.45) is 0 Å². The number of fused-ring (bicyclic) bond motifs is 7. The van der Waals surface area contributed by atoms with Crippen LogP contribution in [0.2, 0.25) is 0 Å². The van der Waals surface area contributed by atoms with E-state index in [-0.39, 0.29) is 0 Å². The van der Waals surface area contributed by atoms with Gasteiger partial charge in [-0.15, -0.1) is 11.3 Å². The predicted octanol–water partition coefficient (Wildman–Crippen LogP) is 18.7. The number of benzene rings is 12. The summed E-state index contributed by atoms with van der Waals surface area (Å²) in [6.45, 7) is 0. The first-order valence-electron chi connectivity index (χ1n) is 22.4. The fourth-order valence-corrected chi connectivity index (χ4v) is 11.8. The zero-order valence-corrected chi connectivity index (χ0v) is 36.3. The Morgan fingerprint density at radius 3 is 0.985 bits per heavy atom. The van der Waals surface area contributed by atoms with Crippen LogP contribution in [-0.2, 0) is 0 Å². The van der Waals surface area contributed by atoms with Gasteiger partial charge in [0.2, 0.25) is 0 Å². The van der Waals surface area contributed by atoms with Crippen molar-refractivity contribution in [3.05, 3.63) is 243 Å². The standard InChI is InChI=1S/C64H40S/c1-3-18-41(19-4-1)43-22-15-24-45(38-43)60-48-26-7-9-28-50(48)62(51-29-10-8-27-49(51)60)47-36-37-59-58(40-47)56-34-17-35-57(64(56)65-59)63-54-32-13-11-30-52(54)61(53-31-12-14-33-55(53)63)46-25-16-23-44(39-46)42-20-5-2-6-21-42/h1-40H. The van der Waals surface area contributed by atoms with Crippen molar-refractivity contribution in [2.45, 2.75) is 0 Å². The lowest BCUT2D eigenvalue weighted by atomic mass is 9.85. The molecule has 0 aliphatic heterocycles. The summed E-state index contributed by atoms with van der Waals surface area (Å²) in [6, 6.07) is 89.6. The van der Waals surface area contributed by atoms with Gasteiger partial charge in [0.25, 0.3) is 0 Å². The molecule has 0 saturated carbocycles. The Hall–Kier alpha value is -8.10. The van der Waals surface area contributed by atoms with Gasteiger partial charge in [-0.1, -0.05) is 218 Å². The van der Waals surface area contributed by atoms with Crippen LogP contribution in [0.25, 0.3) is 130 Å². The van der Waals surface area contributed by atoms with Gasteiger partial charge >= 0.3 is 0 Å². The second-order valence-corrected chi connectivity index (χ2v) is 18.1. The molecule has 0 spiro atoms. The van der Waals surface area contributed by atoms with Crippen LogP contribution in [0.15, 0.2) is 243 Å². The maximum absolute atomic E-state index is 2.46. The van der Waals surface area contributed by atoms with Crippen LogP contribution < -0.4 is 0 Å². The molecule has 1 aromatic heterocycles. The Labute approximate surface area is 382 Å². The minimum Gasteiger partial charge on any atom is -0.135 e. The van der Waals surface area contributed by atoms with Gasteiger partial charge in [0.1, 0.15) is 0 Å². The molecule has 1 heterocycles. The lowest BCUT2D eigenvalue weighted by molar-refractivity contribution is 1.61. The van der Waals surface area contributed by atoms with Gasteiger partial charge < -0.3 is 0 Å². The van der Waals surface area contributed by atoms with E-state index in [4.69, 9.17) is 0 Å². The van der Waals surface area contributed by atoms with Crippen molar-refractivity contribution in [2.75, 3.05) is 0 Å². The summed E-state index contributed by atoms with van der Waals surface area (Å²) in [7, 11) is 0. The normalized spacial score (nSPS) is 11.7. The number of hydrogen-bond acceptors (Lipinski definition) is 1. The van der Waals surface area contributed by atoms with Crippen LogP contribution in [0.1, 0.15) is 0 Å². The van der Waals surface area contributed by atoms with Gasteiger partial charge in [-0.05, 0) is 129 Å². The molecule has 0 atom stereocenters. The van der Waals surface area contributed by atoms with Crippen molar-refractivity contribution in [3.8, 4) is 66.8 Å². The largest absolute Gasteiger partial charge is 0.135 e. The first-order chi connectivity index (χ1) is 32.3. The van der Waals surface area contributed by atoms with Crippen molar-refractivity contribution < 1.29 is 0 Å². The summed E-state index contributed by atoms with van der Waals surface area (Å²) in [5, 5.41) is 12.7. The van der Waals surface area contributed by atoms with E-state index in [0.717, 1.165) is 0 Å². The molecule has 13 aromatic rings. The average molecular weight is 841 g/mol. The maximum Gasteiger partial charge on any atom is 0.0434 e. The van der Waals surface area contributed by atoms with E-state index in [2.05, 4.69) is 243 Å². The quantitative estimate of drug-likeness (QED) is 0.146. The summed E-state index contributed by atoms with van der Waals surface area (Å²) in [5.41, 5.74) is 15.0. The molecule has 0 radical (unpaired) electrons. The Bertz CT molecular complexity index is 3870. The lowest BCUT2D eigenvalue weighted by Crippen LogP contribution is -1.91. The molecule has 0 fully saturated rings. The molecule has 0 amide bonds. The molecule has 1 heteroatoms.